The van der Waals surface area contributed by atoms with Crippen LogP contribution in [-0.4, -0.2) is 55.5 Å². The molecule has 0 aromatic heterocycles. The Morgan fingerprint density at radius 1 is 1.33 bits per heavy atom. The zero-order valence-corrected chi connectivity index (χ0v) is 13.7. The Hall–Kier alpha value is -1.67. The number of hydrogen-bond donors (Lipinski definition) is 1. The third-order valence-corrected chi connectivity index (χ3v) is 4.12. The van der Waals surface area contributed by atoms with E-state index in [1.165, 1.54) is 0 Å². The third kappa shape index (κ3) is 5.17. The maximum atomic E-state index is 13.3. The highest BCUT2D eigenvalue weighted by Gasteiger charge is 2.31. The van der Waals surface area contributed by atoms with Crippen LogP contribution in [0.1, 0.15) is 17.5 Å². The highest BCUT2D eigenvalue weighted by Crippen LogP contribution is 2.30. The first-order chi connectivity index (χ1) is 11.1. The van der Waals surface area contributed by atoms with Crippen LogP contribution in [0.4, 0.5) is 17.6 Å². The number of benzene rings is 1. The van der Waals surface area contributed by atoms with Gasteiger partial charge in [-0.2, -0.15) is 13.2 Å². The fraction of sp³-hybridized carbons (Fsp3) is 0.562. The molecule has 1 amide bonds. The number of nitrogens with zero attached hydrogens (tertiary/aromatic N) is 2. The van der Waals surface area contributed by atoms with Gasteiger partial charge in [-0.15, -0.1) is 0 Å². The summed E-state index contributed by atoms with van der Waals surface area (Å²) >= 11 is 0. The van der Waals surface area contributed by atoms with Crippen LogP contribution >= 0.6 is 0 Å². The van der Waals surface area contributed by atoms with Gasteiger partial charge in [0.05, 0.1) is 12.1 Å². The molecule has 0 aliphatic carbocycles. The summed E-state index contributed by atoms with van der Waals surface area (Å²) in [5, 5.41) is 2.55. The second-order valence-corrected chi connectivity index (χ2v) is 6.26. The minimum absolute atomic E-state index is 0.0864. The van der Waals surface area contributed by atoms with Gasteiger partial charge in [0.1, 0.15) is 5.82 Å². The molecule has 1 saturated heterocycles. The summed E-state index contributed by atoms with van der Waals surface area (Å²) in [4.78, 5) is 16.0. The van der Waals surface area contributed by atoms with Gasteiger partial charge in [0.15, 0.2) is 0 Å². The number of nitrogens with one attached hydrogen (secondary N) is 1. The number of rotatable bonds is 5. The molecule has 1 aromatic carbocycles. The Bertz CT molecular complexity index is 589. The lowest BCUT2D eigenvalue weighted by Gasteiger charge is -2.20. The molecule has 24 heavy (non-hydrogen) atoms. The van der Waals surface area contributed by atoms with Crippen molar-refractivity contribution in [2.24, 2.45) is 0 Å². The van der Waals surface area contributed by atoms with E-state index in [0.717, 1.165) is 31.6 Å². The quantitative estimate of drug-likeness (QED) is 0.829. The van der Waals surface area contributed by atoms with Crippen LogP contribution in [0.25, 0.3) is 0 Å². The monoisotopic (exact) mass is 347 g/mol. The van der Waals surface area contributed by atoms with Crippen molar-refractivity contribution in [1.82, 2.24) is 15.1 Å². The molecular weight excluding hydrogens is 326 g/mol. The summed E-state index contributed by atoms with van der Waals surface area (Å²) in [5.41, 5.74) is -0.969. The van der Waals surface area contributed by atoms with Crippen molar-refractivity contribution in [1.29, 1.82) is 0 Å². The van der Waals surface area contributed by atoms with Crippen molar-refractivity contribution < 1.29 is 22.4 Å². The number of hydrogen-bond acceptors (Lipinski definition) is 3. The van der Waals surface area contributed by atoms with Crippen molar-refractivity contribution in [3.63, 3.8) is 0 Å². The van der Waals surface area contributed by atoms with Crippen LogP contribution < -0.4 is 5.32 Å². The highest BCUT2D eigenvalue weighted by atomic mass is 19.4. The van der Waals surface area contributed by atoms with E-state index in [2.05, 4.69) is 10.2 Å². The summed E-state index contributed by atoms with van der Waals surface area (Å²) in [6.45, 7) is 1.63. The number of alkyl halides is 3. The van der Waals surface area contributed by atoms with Crippen molar-refractivity contribution in [2.45, 2.75) is 25.2 Å². The van der Waals surface area contributed by atoms with Gasteiger partial charge in [-0.05, 0) is 44.3 Å². The third-order valence-electron chi connectivity index (χ3n) is 4.12. The summed E-state index contributed by atoms with van der Waals surface area (Å²) in [6.07, 6.45) is -3.64. The van der Waals surface area contributed by atoms with E-state index in [9.17, 15) is 22.4 Å². The number of halogens is 4. The van der Waals surface area contributed by atoms with Gasteiger partial charge >= 0.3 is 6.18 Å². The van der Waals surface area contributed by atoms with E-state index in [4.69, 9.17) is 0 Å². The first kappa shape index (κ1) is 18.7. The lowest BCUT2D eigenvalue weighted by Crippen LogP contribution is -2.38. The molecular formula is C16H21F4N3O. The molecule has 8 heteroatoms. The standard InChI is InChI=1S/C16H21F4N3O/c1-22(2)14-3-4-23(9-14)10-15(24)21-8-11-5-12(16(18,19)20)7-13(17)6-11/h5-7,14H,3-4,8-10H2,1-2H3,(H,21,24)/t14-/m0/s1. The van der Waals surface area contributed by atoms with Crippen molar-refractivity contribution >= 4 is 5.91 Å². The van der Waals surface area contributed by atoms with Crippen LogP contribution in [-0.2, 0) is 17.5 Å². The fourth-order valence-corrected chi connectivity index (χ4v) is 2.75. The first-order valence-electron chi connectivity index (χ1n) is 7.67. The van der Waals surface area contributed by atoms with E-state index in [0.29, 0.717) is 12.1 Å². The van der Waals surface area contributed by atoms with Crippen LogP contribution in [0, 0.1) is 5.82 Å². The molecule has 1 N–H and O–H groups in total. The van der Waals surface area contributed by atoms with Gasteiger partial charge in [-0.1, -0.05) is 0 Å². The minimum atomic E-state index is -4.61. The Morgan fingerprint density at radius 2 is 2.04 bits per heavy atom. The average Bonchev–Trinajstić information content (AvgIpc) is 2.92. The second-order valence-electron chi connectivity index (χ2n) is 6.26. The second kappa shape index (κ2) is 7.48. The minimum Gasteiger partial charge on any atom is -0.351 e. The molecule has 4 nitrogen and oxygen atoms in total. The van der Waals surface area contributed by atoms with Crippen molar-refractivity contribution in [2.75, 3.05) is 33.7 Å². The molecule has 1 heterocycles. The molecule has 0 bridgehead atoms. The van der Waals surface area contributed by atoms with Crippen molar-refractivity contribution in [3.8, 4) is 0 Å². The largest absolute Gasteiger partial charge is 0.416 e. The molecule has 0 radical (unpaired) electrons. The zero-order chi connectivity index (χ0) is 17.9. The number of likely N-dealkylation sites (tertiary alicyclic amines) is 1. The lowest BCUT2D eigenvalue weighted by atomic mass is 10.1. The molecule has 2 rings (SSSR count). The van der Waals surface area contributed by atoms with Gasteiger partial charge in [0.2, 0.25) is 5.91 Å². The van der Waals surface area contributed by atoms with Gasteiger partial charge in [-0.3, -0.25) is 9.69 Å². The first-order valence-corrected chi connectivity index (χ1v) is 7.67. The molecule has 1 fully saturated rings. The molecule has 0 spiro atoms. The predicted octanol–water partition coefficient (Wildman–Crippen LogP) is 2.10. The van der Waals surface area contributed by atoms with Crippen LogP contribution in [0.15, 0.2) is 18.2 Å². The predicted molar refractivity (Wildman–Crippen MR) is 81.8 cm³/mol. The summed E-state index contributed by atoms with van der Waals surface area (Å²) in [6, 6.07) is 2.68. The Balaban J connectivity index is 1.87. The molecule has 0 saturated carbocycles. The Kier molecular flexibility index (Phi) is 5.82. The summed E-state index contributed by atoms with van der Waals surface area (Å²) in [5.74, 6) is -1.25. The molecule has 1 aromatic rings. The maximum absolute atomic E-state index is 13.3. The average molecular weight is 347 g/mol. The molecule has 1 atom stereocenters. The van der Waals surface area contributed by atoms with Crippen LogP contribution in [0.5, 0.6) is 0 Å². The fourth-order valence-electron chi connectivity index (χ4n) is 2.75. The lowest BCUT2D eigenvalue weighted by molar-refractivity contribution is -0.137. The summed E-state index contributed by atoms with van der Waals surface area (Å²) < 4.78 is 51.3. The number of carbonyl (C=O) groups excluding carboxylic acids is 1. The maximum Gasteiger partial charge on any atom is 0.416 e. The SMILES string of the molecule is CN(C)[C@H]1CCN(CC(=O)NCc2cc(F)cc(C(F)(F)F)c2)C1. The molecule has 1 aliphatic heterocycles. The zero-order valence-electron chi connectivity index (χ0n) is 13.7. The Labute approximate surface area is 138 Å². The van der Waals surface area contributed by atoms with Crippen molar-refractivity contribution in [3.05, 3.63) is 35.1 Å². The van der Waals surface area contributed by atoms with Gasteiger partial charge < -0.3 is 10.2 Å². The van der Waals surface area contributed by atoms with Gasteiger partial charge in [0.25, 0.3) is 0 Å². The summed E-state index contributed by atoms with van der Waals surface area (Å²) in [7, 11) is 3.97. The van der Waals surface area contributed by atoms with Crippen LogP contribution in [0.2, 0.25) is 0 Å². The van der Waals surface area contributed by atoms with Gasteiger partial charge in [0, 0.05) is 25.7 Å². The Morgan fingerprint density at radius 3 is 2.62 bits per heavy atom. The topological polar surface area (TPSA) is 35.6 Å². The van der Waals surface area contributed by atoms with E-state index in [-0.39, 0.29) is 24.6 Å². The van der Waals surface area contributed by atoms with Gasteiger partial charge in [-0.25, -0.2) is 4.39 Å². The molecule has 0 unspecified atom stereocenters. The highest BCUT2D eigenvalue weighted by molar-refractivity contribution is 5.78. The molecule has 1 aliphatic rings. The number of likely N-dealkylation sites (N-methyl/N-ethyl adjacent to an activating group) is 1. The van der Waals surface area contributed by atoms with E-state index in [1.807, 2.05) is 19.0 Å². The number of carbonyl (C=O) groups is 1. The van der Waals surface area contributed by atoms with E-state index < -0.39 is 17.6 Å². The van der Waals surface area contributed by atoms with Crippen LogP contribution in [0.3, 0.4) is 0 Å². The normalized spacial score (nSPS) is 19.0. The van der Waals surface area contributed by atoms with E-state index >= 15 is 0 Å². The number of amides is 1. The molecule has 134 valence electrons. The smallest absolute Gasteiger partial charge is 0.351 e. The van der Waals surface area contributed by atoms with E-state index in [1.54, 1.807) is 0 Å².